The van der Waals surface area contributed by atoms with E-state index in [4.69, 9.17) is 0 Å². The van der Waals surface area contributed by atoms with E-state index in [1.807, 2.05) is 0 Å². The number of allylic oxidation sites excluding steroid dienone is 8. The maximum Gasteiger partial charge on any atom is -1.00 e. The van der Waals surface area contributed by atoms with E-state index >= 15 is 0 Å². The molecule has 3 aliphatic rings. The fourth-order valence-corrected chi connectivity index (χ4v) is 16.0. The monoisotopic (exact) mass is 582 g/mol. The van der Waals surface area contributed by atoms with Gasteiger partial charge in [-0.15, -0.1) is 0 Å². The van der Waals surface area contributed by atoms with Crippen molar-refractivity contribution in [1.82, 2.24) is 0 Å². The van der Waals surface area contributed by atoms with Crippen LogP contribution >= 0.6 is 0 Å². The average molecular weight is 585 g/mol. The van der Waals surface area contributed by atoms with Crippen LogP contribution in [0.3, 0.4) is 0 Å². The van der Waals surface area contributed by atoms with Gasteiger partial charge < -0.3 is 24.8 Å². The number of benzene rings is 2. The molecular formula is C30H34Cl2SiZr. The summed E-state index contributed by atoms with van der Waals surface area (Å²) in [5, 5.41) is 1.67. The number of halogens is 2. The van der Waals surface area contributed by atoms with E-state index in [2.05, 4.69) is 105 Å². The molecule has 0 saturated carbocycles. The van der Waals surface area contributed by atoms with Crippen molar-refractivity contribution in [3.63, 3.8) is 0 Å². The summed E-state index contributed by atoms with van der Waals surface area (Å²) < 4.78 is 4.18. The fraction of sp³-hybridized carbons (Fsp3) is 0.300. The second-order valence-electron chi connectivity index (χ2n) is 10.4. The molecule has 0 amide bonds. The maximum atomic E-state index is 2.68. The molecule has 3 aliphatic carbocycles. The predicted molar refractivity (Wildman–Crippen MR) is 139 cm³/mol. The van der Waals surface area contributed by atoms with Crippen LogP contribution in [-0.4, -0.2) is 11.3 Å². The van der Waals surface area contributed by atoms with E-state index in [0.29, 0.717) is 3.63 Å². The molecule has 2 aromatic carbocycles. The van der Waals surface area contributed by atoms with Crippen molar-refractivity contribution < 1.29 is 46.1 Å². The summed E-state index contributed by atoms with van der Waals surface area (Å²) >= 11 is -2.30. The Hall–Kier alpha value is -1.05. The van der Waals surface area contributed by atoms with Gasteiger partial charge in [-0.05, 0) is 0 Å². The Balaban J connectivity index is 0.00000162. The van der Waals surface area contributed by atoms with Crippen LogP contribution in [0.15, 0.2) is 105 Å². The number of hydrogen-bond donors (Lipinski definition) is 0. The minimum atomic E-state index is -2.30. The van der Waals surface area contributed by atoms with Gasteiger partial charge in [-0.1, -0.05) is 0 Å². The molecule has 4 heteroatoms. The van der Waals surface area contributed by atoms with E-state index in [1.54, 1.807) is 22.8 Å². The van der Waals surface area contributed by atoms with Gasteiger partial charge in [-0.3, -0.25) is 0 Å². The fourth-order valence-electron chi connectivity index (χ4n) is 5.54. The predicted octanol–water partition coefficient (Wildman–Crippen LogP) is 2.20. The molecule has 0 saturated heterocycles. The summed E-state index contributed by atoms with van der Waals surface area (Å²) in [6.07, 6.45) is 16.9. The Morgan fingerprint density at radius 3 is 1.97 bits per heavy atom. The van der Waals surface area contributed by atoms with Gasteiger partial charge in [-0.25, -0.2) is 0 Å². The van der Waals surface area contributed by atoms with Crippen molar-refractivity contribution in [3.05, 3.63) is 116 Å². The number of rotatable bonds is 5. The molecule has 0 aromatic heterocycles. The van der Waals surface area contributed by atoms with Gasteiger partial charge in [0.2, 0.25) is 0 Å². The van der Waals surface area contributed by atoms with E-state index in [-0.39, 0.29) is 24.8 Å². The van der Waals surface area contributed by atoms with Crippen molar-refractivity contribution >= 4 is 11.3 Å². The maximum absolute atomic E-state index is 2.68. The van der Waals surface area contributed by atoms with Crippen LogP contribution < -0.4 is 24.8 Å². The zero-order valence-electron chi connectivity index (χ0n) is 20.5. The van der Waals surface area contributed by atoms with Gasteiger partial charge in [0.05, 0.1) is 0 Å². The molecule has 0 fully saturated rings. The molecule has 0 N–H and O–H groups in total. The van der Waals surface area contributed by atoms with Crippen LogP contribution in [0, 0.1) is 0 Å². The molecule has 1 atom stereocenters. The number of hydrogen-bond acceptors (Lipinski definition) is 0. The molecule has 176 valence electrons. The van der Waals surface area contributed by atoms with Gasteiger partial charge in [0, 0.05) is 0 Å². The van der Waals surface area contributed by atoms with Crippen LogP contribution in [0.25, 0.3) is 0 Å². The largest absolute Gasteiger partial charge is 1.00 e. The third kappa shape index (κ3) is 5.67. The first-order valence-corrected chi connectivity index (χ1v) is 19.6. The van der Waals surface area contributed by atoms with Crippen LogP contribution in [0.4, 0.5) is 0 Å². The third-order valence-electron chi connectivity index (χ3n) is 7.21. The first-order chi connectivity index (χ1) is 15.5. The zero-order valence-corrected chi connectivity index (χ0v) is 25.4. The van der Waals surface area contributed by atoms with Crippen molar-refractivity contribution in [3.8, 4) is 0 Å². The molecule has 5 rings (SSSR count). The summed E-state index contributed by atoms with van der Waals surface area (Å²) in [5.74, 6) is 0. The second-order valence-corrected chi connectivity index (χ2v) is 21.8. The summed E-state index contributed by atoms with van der Waals surface area (Å²) in [7, 11) is -1.30. The van der Waals surface area contributed by atoms with Gasteiger partial charge in [0.1, 0.15) is 0 Å². The SMILES string of the molecule is C[Si](C)(C)C1=CC[C]([Zr+2](=[C](c2ccccc2)c2ccccc2)[CH]2C=CC3=C2CCCC3)=C1.[Cl-].[Cl-]. The Bertz CT molecular complexity index is 1120. The first-order valence-electron chi connectivity index (χ1n) is 12.2. The minimum absolute atomic E-state index is 0. The van der Waals surface area contributed by atoms with Crippen molar-refractivity contribution in [2.45, 2.75) is 55.4 Å². The smallest absolute Gasteiger partial charge is 1.00 e. The average Bonchev–Trinajstić information content (AvgIpc) is 3.46. The zero-order chi connectivity index (χ0) is 22.1. The summed E-state index contributed by atoms with van der Waals surface area (Å²) in [4.78, 5) is 0. The standard InChI is InChI=1S/C13H10.C9H11.C8H13Si.2ClH.Zr/c1-3-7-12(8-4-1)11-13-9-5-2-6-10-13;1-2-5-9-7-3-6-8(9)4-1;1-9(2,3)8-6-4-5-7-8;;;/h1-10H;3,6-7H,1-2,4-5H2;6-7H,4H2,1-3H3;2*1H;/q;;;;;+2/p-2. The van der Waals surface area contributed by atoms with E-state index in [9.17, 15) is 0 Å². The Kier molecular flexibility index (Phi) is 9.55. The third-order valence-corrected chi connectivity index (χ3v) is 17.4. The molecule has 34 heavy (non-hydrogen) atoms. The van der Waals surface area contributed by atoms with Gasteiger partial charge >= 0.3 is 204 Å². The van der Waals surface area contributed by atoms with Crippen LogP contribution in [0.5, 0.6) is 0 Å². The summed E-state index contributed by atoms with van der Waals surface area (Å²) in [6, 6.07) is 22.7. The molecule has 0 spiro atoms. The molecule has 1 unspecified atom stereocenters. The van der Waals surface area contributed by atoms with E-state index in [1.165, 1.54) is 43.2 Å². The van der Waals surface area contributed by atoms with Crippen LogP contribution in [-0.2, 0) is 21.3 Å². The van der Waals surface area contributed by atoms with Gasteiger partial charge in [0.15, 0.2) is 0 Å². The first kappa shape index (κ1) is 27.5. The summed E-state index contributed by atoms with van der Waals surface area (Å²) in [6.45, 7) is 7.49. The Labute approximate surface area is 226 Å². The van der Waals surface area contributed by atoms with E-state index in [0.717, 1.165) is 0 Å². The molecule has 0 radical (unpaired) electrons. The quantitative estimate of drug-likeness (QED) is 0.473. The van der Waals surface area contributed by atoms with Crippen LogP contribution in [0.2, 0.25) is 23.3 Å². The van der Waals surface area contributed by atoms with Crippen molar-refractivity contribution in [2.24, 2.45) is 0 Å². The Morgan fingerprint density at radius 2 is 1.41 bits per heavy atom. The molecule has 0 nitrogen and oxygen atoms in total. The van der Waals surface area contributed by atoms with Crippen molar-refractivity contribution in [2.75, 3.05) is 0 Å². The molecule has 0 aliphatic heterocycles. The normalized spacial score (nSPS) is 18.7. The molecule has 0 heterocycles. The Morgan fingerprint density at radius 1 is 0.824 bits per heavy atom. The second kappa shape index (κ2) is 11.8. The van der Waals surface area contributed by atoms with Crippen LogP contribution in [0.1, 0.15) is 43.2 Å². The van der Waals surface area contributed by atoms with Crippen molar-refractivity contribution in [1.29, 1.82) is 0 Å². The topological polar surface area (TPSA) is 0 Å². The van der Waals surface area contributed by atoms with E-state index < -0.39 is 29.3 Å². The van der Waals surface area contributed by atoms with Gasteiger partial charge in [-0.2, -0.15) is 0 Å². The van der Waals surface area contributed by atoms with Gasteiger partial charge in [0.25, 0.3) is 0 Å². The molecule has 2 aromatic rings. The molecule has 0 bridgehead atoms. The molecular weight excluding hydrogens is 551 g/mol. The minimum Gasteiger partial charge on any atom is -1.00 e. The summed E-state index contributed by atoms with van der Waals surface area (Å²) in [5.41, 5.74) is 6.39.